The molecule has 0 saturated heterocycles. The van der Waals surface area contributed by atoms with Crippen molar-refractivity contribution in [1.29, 1.82) is 0 Å². The summed E-state index contributed by atoms with van der Waals surface area (Å²) in [7, 11) is 0. The van der Waals surface area contributed by atoms with E-state index in [-0.39, 0.29) is 0 Å². The molecule has 0 bridgehead atoms. The molecular weight excluding hydrogens is 196 g/mol. The Bertz CT molecular complexity index is 129. The summed E-state index contributed by atoms with van der Waals surface area (Å²) in [5.74, 6) is 0.707. The number of hydrogen-bond donors (Lipinski definition) is 1. The van der Waals surface area contributed by atoms with Crippen molar-refractivity contribution in [2.24, 2.45) is 11.7 Å². The fourth-order valence-corrected chi connectivity index (χ4v) is 2.11. The monoisotopic (exact) mass is 228 g/mol. The van der Waals surface area contributed by atoms with Gasteiger partial charge in [0.2, 0.25) is 0 Å². The van der Waals surface area contributed by atoms with Crippen LogP contribution in [0.4, 0.5) is 0 Å². The molecule has 2 N–H and O–H groups in total. The molecule has 0 aromatic heterocycles. The van der Waals surface area contributed by atoms with Crippen LogP contribution in [0.2, 0.25) is 0 Å². The van der Waals surface area contributed by atoms with Crippen LogP contribution >= 0.6 is 0 Å². The summed E-state index contributed by atoms with van der Waals surface area (Å²) in [6.45, 7) is 11.4. The van der Waals surface area contributed by atoms with E-state index in [0.717, 1.165) is 6.54 Å². The predicted molar refractivity (Wildman–Crippen MR) is 73.7 cm³/mol. The molecule has 0 aliphatic carbocycles. The quantitative estimate of drug-likeness (QED) is 0.588. The highest BCUT2D eigenvalue weighted by Gasteiger charge is 2.11. The van der Waals surface area contributed by atoms with Crippen LogP contribution in [0.1, 0.15) is 59.3 Å². The molecule has 0 spiro atoms. The average Bonchev–Trinajstić information content (AvgIpc) is 2.31. The first kappa shape index (κ1) is 15.9. The Labute approximate surface area is 103 Å². The molecule has 98 valence electrons. The molecule has 0 rings (SSSR count). The molecule has 0 amide bonds. The maximum absolute atomic E-state index is 5.84. The van der Waals surface area contributed by atoms with Gasteiger partial charge in [-0.15, -0.1) is 0 Å². The van der Waals surface area contributed by atoms with E-state index in [1.807, 2.05) is 0 Å². The molecule has 0 radical (unpaired) electrons. The molecule has 0 aliphatic rings. The molecule has 16 heavy (non-hydrogen) atoms. The van der Waals surface area contributed by atoms with Gasteiger partial charge in [-0.2, -0.15) is 0 Å². The van der Waals surface area contributed by atoms with Crippen molar-refractivity contribution in [3.8, 4) is 0 Å². The fraction of sp³-hybridized carbons (Fsp3) is 1.00. The zero-order valence-electron chi connectivity index (χ0n) is 11.7. The van der Waals surface area contributed by atoms with Crippen LogP contribution in [0.5, 0.6) is 0 Å². The van der Waals surface area contributed by atoms with Gasteiger partial charge in [0.25, 0.3) is 0 Å². The lowest BCUT2D eigenvalue weighted by Crippen LogP contribution is -2.34. The fourth-order valence-electron chi connectivity index (χ4n) is 2.11. The number of rotatable bonds is 11. The van der Waals surface area contributed by atoms with Crippen molar-refractivity contribution in [1.82, 2.24) is 4.90 Å². The first-order chi connectivity index (χ1) is 7.78. The first-order valence-electron chi connectivity index (χ1n) is 7.20. The minimum atomic E-state index is 0.707. The van der Waals surface area contributed by atoms with E-state index in [1.165, 1.54) is 58.2 Å². The van der Waals surface area contributed by atoms with Gasteiger partial charge in [-0.05, 0) is 44.8 Å². The van der Waals surface area contributed by atoms with Crippen LogP contribution in [0.25, 0.3) is 0 Å². The van der Waals surface area contributed by atoms with Crippen LogP contribution in [-0.4, -0.2) is 31.1 Å². The van der Waals surface area contributed by atoms with Gasteiger partial charge >= 0.3 is 0 Å². The molecule has 0 saturated carbocycles. The van der Waals surface area contributed by atoms with E-state index < -0.39 is 0 Å². The van der Waals surface area contributed by atoms with Gasteiger partial charge in [-0.1, -0.05) is 40.0 Å². The third kappa shape index (κ3) is 8.12. The summed E-state index contributed by atoms with van der Waals surface area (Å²) in [4.78, 5) is 2.63. The standard InChI is InChI=1S/C14H32N2/c1-4-7-10-16(11-8-5-2)13-14(12-15)9-6-3/h14H,4-13,15H2,1-3H3. The van der Waals surface area contributed by atoms with E-state index in [9.17, 15) is 0 Å². The molecule has 0 fully saturated rings. The van der Waals surface area contributed by atoms with Crippen molar-refractivity contribution in [2.45, 2.75) is 59.3 Å². The van der Waals surface area contributed by atoms with Crippen molar-refractivity contribution in [3.05, 3.63) is 0 Å². The number of hydrogen-bond acceptors (Lipinski definition) is 2. The summed E-state index contributed by atoms with van der Waals surface area (Å²) in [5.41, 5.74) is 5.84. The Kier molecular flexibility index (Phi) is 11.3. The lowest BCUT2D eigenvalue weighted by molar-refractivity contribution is 0.220. The Morgan fingerprint density at radius 3 is 1.88 bits per heavy atom. The smallest absolute Gasteiger partial charge is 0.00217 e. The van der Waals surface area contributed by atoms with E-state index in [0.29, 0.717) is 5.92 Å². The van der Waals surface area contributed by atoms with E-state index >= 15 is 0 Å². The Hall–Kier alpha value is -0.0800. The van der Waals surface area contributed by atoms with Crippen LogP contribution in [0, 0.1) is 5.92 Å². The minimum Gasteiger partial charge on any atom is -0.330 e. The van der Waals surface area contributed by atoms with E-state index in [1.54, 1.807) is 0 Å². The zero-order chi connectivity index (χ0) is 12.2. The highest BCUT2D eigenvalue weighted by molar-refractivity contribution is 4.67. The average molecular weight is 228 g/mol. The summed E-state index contributed by atoms with van der Waals surface area (Å²) < 4.78 is 0. The summed E-state index contributed by atoms with van der Waals surface area (Å²) in [5, 5.41) is 0. The second kappa shape index (κ2) is 11.4. The molecule has 0 aromatic rings. The number of unbranched alkanes of at least 4 members (excludes halogenated alkanes) is 2. The third-order valence-electron chi connectivity index (χ3n) is 3.20. The van der Waals surface area contributed by atoms with Gasteiger partial charge in [0.05, 0.1) is 0 Å². The Balaban J connectivity index is 3.94. The topological polar surface area (TPSA) is 29.3 Å². The van der Waals surface area contributed by atoms with Gasteiger partial charge in [-0.3, -0.25) is 0 Å². The van der Waals surface area contributed by atoms with Gasteiger partial charge in [0.15, 0.2) is 0 Å². The Morgan fingerprint density at radius 2 is 1.50 bits per heavy atom. The SMILES string of the molecule is CCCCN(CCCC)CC(CN)CCC. The Morgan fingerprint density at radius 1 is 0.938 bits per heavy atom. The predicted octanol–water partition coefficient (Wildman–Crippen LogP) is 3.26. The summed E-state index contributed by atoms with van der Waals surface area (Å²) in [6.07, 6.45) is 7.79. The second-order valence-electron chi connectivity index (χ2n) is 4.90. The van der Waals surface area contributed by atoms with Crippen LogP contribution < -0.4 is 5.73 Å². The highest BCUT2D eigenvalue weighted by atomic mass is 15.1. The lowest BCUT2D eigenvalue weighted by Gasteiger charge is -2.26. The van der Waals surface area contributed by atoms with Crippen molar-refractivity contribution in [2.75, 3.05) is 26.2 Å². The van der Waals surface area contributed by atoms with Crippen LogP contribution in [-0.2, 0) is 0 Å². The largest absolute Gasteiger partial charge is 0.330 e. The molecule has 2 nitrogen and oxygen atoms in total. The van der Waals surface area contributed by atoms with E-state index in [4.69, 9.17) is 5.73 Å². The normalized spacial score (nSPS) is 13.3. The number of nitrogens with two attached hydrogens (primary N) is 1. The second-order valence-corrected chi connectivity index (χ2v) is 4.90. The zero-order valence-corrected chi connectivity index (χ0v) is 11.7. The van der Waals surface area contributed by atoms with Gasteiger partial charge in [0, 0.05) is 6.54 Å². The lowest BCUT2D eigenvalue weighted by atomic mass is 10.0. The summed E-state index contributed by atoms with van der Waals surface area (Å²) in [6, 6.07) is 0. The van der Waals surface area contributed by atoms with Crippen molar-refractivity contribution >= 4 is 0 Å². The van der Waals surface area contributed by atoms with Crippen molar-refractivity contribution < 1.29 is 0 Å². The molecule has 2 heteroatoms. The van der Waals surface area contributed by atoms with Gasteiger partial charge in [-0.25, -0.2) is 0 Å². The maximum Gasteiger partial charge on any atom is 0.00217 e. The summed E-state index contributed by atoms with van der Waals surface area (Å²) >= 11 is 0. The van der Waals surface area contributed by atoms with Gasteiger partial charge < -0.3 is 10.6 Å². The molecule has 0 aromatic carbocycles. The van der Waals surface area contributed by atoms with Crippen LogP contribution in [0.3, 0.4) is 0 Å². The third-order valence-corrected chi connectivity index (χ3v) is 3.20. The molecule has 0 heterocycles. The first-order valence-corrected chi connectivity index (χ1v) is 7.20. The maximum atomic E-state index is 5.84. The van der Waals surface area contributed by atoms with Crippen LogP contribution in [0.15, 0.2) is 0 Å². The molecule has 0 aliphatic heterocycles. The van der Waals surface area contributed by atoms with Crippen molar-refractivity contribution in [3.63, 3.8) is 0 Å². The minimum absolute atomic E-state index is 0.707. The molecule has 1 atom stereocenters. The molecule has 1 unspecified atom stereocenters. The highest BCUT2D eigenvalue weighted by Crippen LogP contribution is 2.09. The number of nitrogens with zero attached hydrogens (tertiary/aromatic N) is 1. The molecular formula is C14H32N2. The van der Waals surface area contributed by atoms with E-state index in [2.05, 4.69) is 25.7 Å². The van der Waals surface area contributed by atoms with Gasteiger partial charge in [0.1, 0.15) is 0 Å².